The molecule has 3 aromatic rings. The highest BCUT2D eigenvalue weighted by Gasteiger charge is 2.20. The van der Waals surface area contributed by atoms with Gasteiger partial charge in [-0.3, -0.25) is 4.79 Å². The summed E-state index contributed by atoms with van der Waals surface area (Å²) >= 11 is 0. The number of piperazine rings is 1. The van der Waals surface area contributed by atoms with Gasteiger partial charge in [-0.15, -0.1) is 0 Å². The molecule has 1 aromatic carbocycles. The van der Waals surface area contributed by atoms with Crippen LogP contribution in [-0.2, 0) is 6.54 Å². The molecule has 4 rings (SSSR count). The van der Waals surface area contributed by atoms with Crippen molar-refractivity contribution in [3.05, 3.63) is 72.1 Å². The van der Waals surface area contributed by atoms with E-state index in [1.165, 1.54) is 18.5 Å². The summed E-state index contributed by atoms with van der Waals surface area (Å²) < 4.78 is 13.6. The van der Waals surface area contributed by atoms with Gasteiger partial charge < -0.3 is 15.1 Å². The fourth-order valence-corrected chi connectivity index (χ4v) is 3.08. The Morgan fingerprint density at radius 1 is 0.897 bits per heavy atom. The molecule has 1 aliphatic heterocycles. The van der Waals surface area contributed by atoms with Gasteiger partial charge >= 0.3 is 0 Å². The predicted molar refractivity (Wildman–Crippen MR) is 106 cm³/mol. The highest BCUT2D eigenvalue weighted by Crippen LogP contribution is 2.14. The number of amides is 1. The topological polar surface area (TPSA) is 87.1 Å². The van der Waals surface area contributed by atoms with Crippen LogP contribution in [0.3, 0.4) is 0 Å². The minimum Gasteiger partial charge on any atom is -0.348 e. The molecule has 1 N–H and O–H groups in total. The van der Waals surface area contributed by atoms with E-state index in [0.717, 1.165) is 32.1 Å². The lowest BCUT2D eigenvalue weighted by Gasteiger charge is -2.34. The Bertz CT molecular complexity index is 960. The molecule has 0 radical (unpaired) electrons. The van der Waals surface area contributed by atoms with Gasteiger partial charge in [0, 0.05) is 63.1 Å². The maximum absolute atomic E-state index is 13.6. The lowest BCUT2D eigenvalue weighted by molar-refractivity contribution is 0.0950. The molecular weight excluding hydrogens is 373 g/mol. The van der Waals surface area contributed by atoms with Crippen LogP contribution in [0.4, 0.5) is 16.3 Å². The largest absolute Gasteiger partial charge is 0.348 e. The van der Waals surface area contributed by atoms with Crippen molar-refractivity contribution in [2.75, 3.05) is 36.0 Å². The lowest BCUT2D eigenvalue weighted by Crippen LogP contribution is -2.47. The highest BCUT2D eigenvalue weighted by atomic mass is 19.1. The second-order valence-corrected chi connectivity index (χ2v) is 6.57. The number of carbonyl (C=O) groups excluding carboxylic acids is 1. The van der Waals surface area contributed by atoms with Gasteiger partial charge in [0.15, 0.2) is 0 Å². The number of benzene rings is 1. The molecule has 3 heterocycles. The number of aromatic nitrogens is 4. The van der Waals surface area contributed by atoms with Crippen LogP contribution in [0.5, 0.6) is 0 Å². The molecule has 9 heteroatoms. The molecule has 0 bridgehead atoms. The molecule has 1 fully saturated rings. The third-order valence-corrected chi connectivity index (χ3v) is 4.70. The quantitative estimate of drug-likeness (QED) is 0.705. The van der Waals surface area contributed by atoms with Gasteiger partial charge in [0.2, 0.25) is 11.9 Å². The summed E-state index contributed by atoms with van der Waals surface area (Å²) in [6.07, 6.45) is 6.44. The van der Waals surface area contributed by atoms with Crippen molar-refractivity contribution in [1.29, 1.82) is 0 Å². The van der Waals surface area contributed by atoms with Gasteiger partial charge in [0.25, 0.3) is 5.91 Å². The fraction of sp³-hybridized carbons (Fsp3) is 0.250. The van der Waals surface area contributed by atoms with E-state index >= 15 is 0 Å². The van der Waals surface area contributed by atoms with Gasteiger partial charge in [-0.25, -0.2) is 24.3 Å². The van der Waals surface area contributed by atoms with Crippen molar-refractivity contribution in [1.82, 2.24) is 25.3 Å². The van der Waals surface area contributed by atoms with E-state index in [1.807, 2.05) is 0 Å². The Labute approximate surface area is 167 Å². The molecule has 29 heavy (non-hydrogen) atoms. The first kappa shape index (κ1) is 18.7. The average Bonchev–Trinajstić information content (AvgIpc) is 2.79. The Hall–Kier alpha value is -3.62. The molecule has 1 saturated heterocycles. The van der Waals surface area contributed by atoms with Crippen LogP contribution >= 0.6 is 0 Å². The minimum absolute atomic E-state index is 0.108. The number of halogens is 1. The molecular formula is C20H20FN7O. The smallest absolute Gasteiger partial charge is 0.254 e. The first-order valence-electron chi connectivity index (χ1n) is 9.31. The summed E-state index contributed by atoms with van der Waals surface area (Å²) in [6, 6.07) is 8.13. The predicted octanol–water partition coefficient (Wildman–Crippen LogP) is 1.66. The van der Waals surface area contributed by atoms with Crippen LogP contribution in [0.15, 0.2) is 55.1 Å². The zero-order chi connectivity index (χ0) is 20.1. The Kier molecular flexibility index (Phi) is 5.55. The highest BCUT2D eigenvalue weighted by molar-refractivity contribution is 5.93. The summed E-state index contributed by atoms with van der Waals surface area (Å²) in [5.41, 5.74) is 0.764. The van der Waals surface area contributed by atoms with Crippen LogP contribution in [0, 0.1) is 5.82 Å². The molecule has 0 spiro atoms. The fourth-order valence-electron chi connectivity index (χ4n) is 3.08. The third kappa shape index (κ3) is 4.45. The number of hydrogen-bond donors (Lipinski definition) is 1. The first-order chi connectivity index (χ1) is 14.2. The van der Waals surface area contributed by atoms with Crippen LogP contribution in [0.2, 0.25) is 0 Å². The van der Waals surface area contributed by atoms with Crippen molar-refractivity contribution >= 4 is 17.8 Å². The zero-order valence-electron chi connectivity index (χ0n) is 15.7. The summed E-state index contributed by atoms with van der Waals surface area (Å²) in [5, 5.41) is 2.69. The van der Waals surface area contributed by atoms with Gasteiger partial charge in [-0.1, -0.05) is 18.2 Å². The summed E-state index contributed by atoms with van der Waals surface area (Å²) in [5.74, 6) is 0.601. The number of nitrogens with one attached hydrogen (secondary N) is 1. The molecule has 0 unspecified atom stereocenters. The normalized spacial score (nSPS) is 14.0. The number of rotatable bonds is 5. The molecule has 8 nitrogen and oxygen atoms in total. The van der Waals surface area contributed by atoms with Gasteiger partial charge in [0.1, 0.15) is 5.82 Å². The molecule has 148 valence electrons. The van der Waals surface area contributed by atoms with Gasteiger partial charge in [-0.2, -0.15) is 0 Å². The molecule has 0 saturated carbocycles. The Balaban J connectivity index is 1.32. The number of carbonyl (C=O) groups is 1. The summed E-state index contributed by atoms with van der Waals surface area (Å²) in [7, 11) is 0. The van der Waals surface area contributed by atoms with Crippen molar-refractivity contribution in [3.63, 3.8) is 0 Å². The molecule has 1 aliphatic rings. The van der Waals surface area contributed by atoms with E-state index in [-0.39, 0.29) is 18.3 Å². The second kappa shape index (κ2) is 8.59. The lowest BCUT2D eigenvalue weighted by atomic mass is 10.2. The monoisotopic (exact) mass is 393 g/mol. The standard InChI is InChI=1S/C20H20FN7O/c21-17-5-2-1-4-15(17)12-24-18(29)16-13-25-20(26-14-16)28-10-8-27(9-11-28)19-22-6-3-7-23-19/h1-7,13-14H,8-12H2,(H,24,29). The zero-order valence-corrected chi connectivity index (χ0v) is 15.7. The third-order valence-electron chi connectivity index (χ3n) is 4.70. The summed E-state index contributed by atoms with van der Waals surface area (Å²) in [4.78, 5) is 33.6. The molecule has 2 aromatic heterocycles. The van der Waals surface area contributed by atoms with Crippen molar-refractivity contribution < 1.29 is 9.18 Å². The Morgan fingerprint density at radius 2 is 1.48 bits per heavy atom. The number of nitrogens with zero attached hydrogens (tertiary/aromatic N) is 6. The maximum atomic E-state index is 13.6. The van der Waals surface area contributed by atoms with Crippen molar-refractivity contribution in [2.45, 2.75) is 6.54 Å². The molecule has 0 atom stereocenters. The van der Waals surface area contributed by atoms with E-state index in [4.69, 9.17) is 0 Å². The van der Waals surface area contributed by atoms with Crippen LogP contribution in [0.1, 0.15) is 15.9 Å². The van der Waals surface area contributed by atoms with Crippen LogP contribution in [-0.4, -0.2) is 52.0 Å². The average molecular weight is 393 g/mol. The maximum Gasteiger partial charge on any atom is 0.254 e. The van der Waals surface area contributed by atoms with Gasteiger partial charge in [0.05, 0.1) is 5.56 Å². The molecule has 0 aliphatic carbocycles. The van der Waals surface area contributed by atoms with Crippen molar-refractivity contribution in [3.8, 4) is 0 Å². The SMILES string of the molecule is O=C(NCc1ccccc1F)c1cnc(N2CCN(c3ncccn3)CC2)nc1. The van der Waals surface area contributed by atoms with Crippen molar-refractivity contribution in [2.24, 2.45) is 0 Å². The Morgan fingerprint density at radius 3 is 2.10 bits per heavy atom. The number of hydrogen-bond acceptors (Lipinski definition) is 7. The second-order valence-electron chi connectivity index (χ2n) is 6.57. The van der Waals surface area contributed by atoms with E-state index in [1.54, 1.807) is 36.7 Å². The number of anilines is 2. The van der Waals surface area contributed by atoms with E-state index in [9.17, 15) is 9.18 Å². The van der Waals surface area contributed by atoms with Crippen LogP contribution in [0.25, 0.3) is 0 Å². The van der Waals surface area contributed by atoms with E-state index in [0.29, 0.717) is 17.1 Å². The summed E-state index contributed by atoms with van der Waals surface area (Å²) in [6.45, 7) is 3.10. The van der Waals surface area contributed by atoms with Gasteiger partial charge in [-0.05, 0) is 12.1 Å². The van der Waals surface area contributed by atoms with Crippen LogP contribution < -0.4 is 15.1 Å². The van der Waals surface area contributed by atoms with E-state index < -0.39 is 0 Å². The first-order valence-corrected chi connectivity index (χ1v) is 9.31. The molecule has 1 amide bonds. The minimum atomic E-state index is -0.348. The van der Waals surface area contributed by atoms with E-state index in [2.05, 4.69) is 35.1 Å².